The lowest BCUT2D eigenvalue weighted by atomic mass is 10.2. The normalized spacial score (nSPS) is 12.9. The summed E-state index contributed by atoms with van der Waals surface area (Å²) >= 11 is 5.87. The third-order valence-electron chi connectivity index (χ3n) is 3.47. The molecule has 13 heteroatoms. The minimum absolute atomic E-state index is 0.0939. The average molecular weight is 437 g/mol. The molecule has 3 aromatic rings. The predicted octanol–water partition coefficient (Wildman–Crippen LogP) is 3.36. The third kappa shape index (κ3) is 4.07. The molecule has 28 heavy (non-hydrogen) atoms. The van der Waals surface area contributed by atoms with Crippen LogP contribution in [0.3, 0.4) is 0 Å². The highest BCUT2D eigenvalue weighted by Crippen LogP contribution is 2.29. The van der Waals surface area contributed by atoms with Gasteiger partial charge in [-0.15, -0.1) is 0 Å². The fourth-order valence-electron chi connectivity index (χ4n) is 2.27. The first kappa shape index (κ1) is 20.0. The smallest absolute Gasteiger partial charge is 0.304 e. The van der Waals surface area contributed by atoms with Crippen molar-refractivity contribution in [2.24, 2.45) is 0 Å². The van der Waals surface area contributed by atoms with E-state index in [4.69, 9.17) is 16.3 Å². The maximum atomic E-state index is 13.1. The molecular weight excluding hydrogens is 425 g/mol. The summed E-state index contributed by atoms with van der Waals surface area (Å²) in [6.07, 6.45) is -4.24. The van der Waals surface area contributed by atoms with E-state index >= 15 is 0 Å². The Morgan fingerprint density at radius 3 is 2.71 bits per heavy atom. The van der Waals surface area contributed by atoms with Gasteiger partial charge in [0.05, 0.1) is 13.3 Å². The highest BCUT2D eigenvalue weighted by atomic mass is 35.5. The molecule has 0 aliphatic carbocycles. The van der Waals surface area contributed by atoms with Crippen molar-refractivity contribution in [2.45, 2.75) is 17.7 Å². The maximum Gasteiger partial charge on any atom is 0.304 e. The second-order valence-electron chi connectivity index (χ2n) is 5.32. The Kier molecular flexibility index (Phi) is 5.52. The fourth-order valence-corrected chi connectivity index (χ4v) is 3.58. The number of fused-ring (bicyclic) bond motifs is 1. The van der Waals surface area contributed by atoms with Crippen LogP contribution in [-0.2, 0) is 10.0 Å². The van der Waals surface area contributed by atoms with Gasteiger partial charge in [0.25, 0.3) is 22.3 Å². The standard InChI is InChI=1S/C15H12ClF3N4O4S/c1-26-14-10(27-13(19)12(17)18)5-21-15(22-14)23-28(24,25)11-6-20-9-4-7(16)2-3-8(9)11/h2-6,12-13,20H,1H3,(H,21,22,23). The number of nitrogens with zero attached hydrogens (tertiary/aromatic N) is 2. The van der Waals surface area contributed by atoms with E-state index in [-0.39, 0.29) is 4.90 Å². The number of benzene rings is 1. The molecule has 1 atom stereocenters. The Morgan fingerprint density at radius 2 is 2.04 bits per heavy atom. The highest BCUT2D eigenvalue weighted by Gasteiger charge is 2.25. The van der Waals surface area contributed by atoms with Crippen molar-refractivity contribution in [3.63, 3.8) is 0 Å². The third-order valence-corrected chi connectivity index (χ3v) is 5.08. The van der Waals surface area contributed by atoms with E-state index in [1.54, 1.807) is 6.07 Å². The van der Waals surface area contributed by atoms with Crippen molar-refractivity contribution in [1.82, 2.24) is 15.0 Å². The Hall–Kier alpha value is -2.73. The van der Waals surface area contributed by atoms with E-state index < -0.39 is 40.4 Å². The van der Waals surface area contributed by atoms with Crippen LogP contribution < -0.4 is 14.2 Å². The average Bonchev–Trinajstić information content (AvgIpc) is 3.06. The lowest BCUT2D eigenvalue weighted by Gasteiger charge is -2.13. The zero-order valence-corrected chi connectivity index (χ0v) is 15.6. The number of sulfonamides is 1. The number of hydrogen-bond donors (Lipinski definition) is 2. The molecule has 0 saturated heterocycles. The molecule has 2 aromatic heterocycles. The SMILES string of the molecule is COc1nc(NS(=O)(=O)c2c[nH]c3cc(Cl)ccc23)ncc1OC(F)C(F)F. The first-order valence-corrected chi connectivity index (χ1v) is 9.36. The molecule has 0 saturated carbocycles. The van der Waals surface area contributed by atoms with Crippen molar-refractivity contribution in [3.05, 3.63) is 35.6 Å². The summed E-state index contributed by atoms with van der Waals surface area (Å²) in [5.41, 5.74) is 0.496. The molecule has 2 N–H and O–H groups in total. The van der Waals surface area contributed by atoms with Crippen LogP contribution in [0.15, 0.2) is 35.5 Å². The van der Waals surface area contributed by atoms with Crippen LogP contribution in [0, 0.1) is 0 Å². The van der Waals surface area contributed by atoms with Crippen molar-refractivity contribution in [3.8, 4) is 11.6 Å². The van der Waals surface area contributed by atoms with Crippen molar-refractivity contribution < 1.29 is 31.1 Å². The topological polar surface area (TPSA) is 106 Å². The molecule has 0 amide bonds. The highest BCUT2D eigenvalue weighted by molar-refractivity contribution is 7.93. The zero-order chi connectivity index (χ0) is 20.5. The molecule has 0 fully saturated rings. The quantitative estimate of drug-likeness (QED) is 0.588. The molecule has 1 aromatic carbocycles. The predicted molar refractivity (Wildman–Crippen MR) is 94.2 cm³/mol. The van der Waals surface area contributed by atoms with Gasteiger partial charge in [-0.25, -0.2) is 26.9 Å². The van der Waals surface area contributed by atoms with Crippen LogP contribution in [0.2, 0.25) is 5.02 Å². The Labute approximate surface area is 161 Å². The van der Waals surface area contributed by atoms with E-state index in [2.05, 4.69) is 24.4 Å². The zero-order valence-electron chi connectivity index (χ0n) is 14.0. The molecular formula is C15H12ClF3N4O4S. The summed E-state index contributed by atoms with van der Waals surface area (Å²) in [5.74, 6) is -1.37. The lowest BCUT2D eigenvalue weighted by Crippen LogP contribution is -2.20. The van der Waals surface area contributed by atoms with Gasteiger partial charge >= 0.3 is 6.43 Å². The number of methoxy groups -OCH3 is 1. The summed E-state index contributed by atoms with van der Waals surface area (Å²) < 4.78 is 74.2. The van der Waals surface area contributed by atoms with Crippen molar-refractivity contribution >= 4 is 38.5 Å². The molecule has 1 unspecified atom stereocenters. The summed E-state index contributed by atoms with van der Waals surface area (Å²) in [6, 6.07) is 4.60. The van der Waals surface area contributed by atoms with E-state index in [0.29, 0.717) is 15.9 Å². The van der Waals surface area contributed by atoms with E-state index in [0.717, 1.165) is 13.3 Å². The number of hydrogen-bond acceptors (Lipinski definition) is 6. The van der Waals surface area contributed by atoms with Gasteiger partial charge in [-0.3, -0.25) is 0 Å². The minimum atomic E-state index is -4.12. The number of aromatic nitrogens is 3. The minimum Gasteiger partial charge on any atom is -0.478 e. The Morgan fingerprint density at radius 1 is 1.29 bits per heavy atom. The van der Waals surface area contributed by atoms with E-state index in [9.17, 15) is 21.6 Å². The van der Waals surface area contributed by atoms with Crippen molar-refractivity contribution in [1.29, 1.82) is 0 Å². The number of rotatable bonds is 7. The summed E-state index contributed by atoms with van der Waals surface area (Å²) in [4.78, 5) is 10.0. The molecule has 0 aliphatic heterocycles. The Bertz CT molecular complexity index is 1110. The van der Waals surface area contributed by atoms with Crippen LogP contribution in [0.1, 0.15) is 0 Å². The van der Waals surface area contributed by atoms with Gasteiger partial charge in [0.2, 0.25) is 11.7 Å². The van der Waals surface area contributed by atoms with Gasteiger partial charge in [-0.05, 0) is 18.2 Å². The first-order chi connectivity index (χ1) is 13.2. The number of nitrogens with one attached hydrogen (secondary N) is 2. The van der Waals surface area contributed by atoms with Gasteiger partial charge in [0, 0.05) is 22.1 Å². The molecule has 0 aliphatic rings. The molecule has 3 rings (SSSR count). The number of aromatic amines is 1. The molecule has 0 spiro atoms. The second kappa shape index (κ2) is 7.72. The Balaban J connectivity index is 1.89. The van der Waals surface area contributed by atoms with Crippen LogP contribution in [-0.4, -0.2) is 43.3 Å². The lowest BCUT2D eigenvalue weighted by molar-refractivity contribution is -0.0681. The van der Waals surface area contributed by atoms with Crippen LogP contribution in [0.4, 0.5) is 19.1 Å². The maximum absolute atomic E-state index is 13.1. The number of halogens is 4. The number of ether oxygens (including phenoxy) is 2. The van der Waals surface area contributed by atoms with E-state index in [1.807, 2.05) is 0 Å². The number of alkyl halides is 3. The van der Waals surface area contributed by atoms with Crippen molar-refractivity contribution in [2.75, 3.05) is 11.8 Å². The summed E-state index contributed by atoms with van der Waals surface area (Å²) in [7, 11) is -3.01. The van der Waals surface area contributed by atoms with Gasteiger partial charge < -0.3 is 14.5 Å². The van der Waals surface area contributed by atoms with Gasteiger partial charge in [0.15, 0.2) is 0 Å². The number of H-pyrrole nitrogens is 1. The molecule has 0 radical (unpaired) electrons. The molecule has 150 valence electrons. The molecule has 0 bridgehead atoms. The van der Waals surface area contributed by atoms with E-state index in [1.165, 1.54) is 18.3 Å². The first-order valence-electron chi connectivity index (χ1n) is 7.50. The number of anilines is 1. The van der Waals surface area contributed by atoms with Gasteiger partial charge in [-0.2, -0.15) is 9.37 Å². The second-order valence-corrected chi connectivity index (χ2v) is 7.41. The van der Waals surface area contributed by atoms with Gasteiger partial charge in [0.1, 0.15) is 4.90 Å². The van der Waals surface area contributed by atoms with Crippen LogP contribution in [0.5, 0.6) is 11.6 Å². The summed E-state index contributed by atoms with van der Waals surface area (Å²) in [5, 5.41) is 0.797. The monoisotopic (exact) mass is 436 g/mol. The summed E-state index contributed by atoms with van der Waals surface area (Å²) in [6.45, 7) is 0. The van der Waals surface area contributed by atoms with Gasteiger partial charge in [-0.1, -0.05) is 11.6 Å². The molecule has 2 heterocycles. The fraction of sp³-hybridized carbons (Fsp3) is 0.200. The van der Waals surface area contributed by atoms with Crippen LogP contribution >= 0.6 is 11.6 Å². The van der Waals surface area contributed by atoms with Crippen LogP contribution in [0.25, 0.3) is 10.9 Å². The largest absolute Gasteiger partial charge is 0.478 e. The molecule has 8 nitrogen and oxygen atoms in total.